The molecule has 1 amide bonds. The number of aryl methyl sites for hydroxylation is 1. The first-order valence-corrected chi connectivity index (χ1v) is 9.03. The third-order valence-corrected chi connectivity index (χ3v) is 5.09. The summed E-state index contributed by atoms with van der Waals surface area (Å²) in [4.78, 5) is 14.5. The Morgan fingerprint density at radius 2 is 2.16 bits per heavy atom. The van der Waals surface area contributed by atoms with Gasteiger partial charge < -0.3 is 13.7 Å². The minimum Gasteiger partial charge on any atom is -0.469 e. The molecule has 3 heterocycles. The number of aromatic nitrogens is 2. The van der Waals surface area contributed by atoms with Crippen molar-refractivity contribution in [3.63, 3.8) is 0 Å². The van der Waals surface area contributed by atoms with Gasteiger partial charge in [-0.15, -0.1) is 10.2 Å². The largest absolute Gasteiger partial charge is 0.469 e. The van der Waals surface area contributed by atoms with Gasteiger partial charge in [0.2, 0.25) is 5.91 Å². The SMILES string of the molecule is Cc1occc1-c1nnc(SCC(=O)N2c3ccccc3CC2C)o1. The Bertz CT molecular complexity index is 918. The number of amides is 1. The summed E-state index contributed by atoms with van der Waals surface area (Å²) in [6.45, 7) is 3.90. The van der Waals surface area contributed by atoms with E-state index >= 15 is 0 Å². The molecule has 2 aromatic heterocycles. The Kier molecular flexibility index (Phi) is 4.09. The highest BCUT2D eigenvalue weighted by Crippen LogP contribution is 2.33. The number of furan rings is 1. The van der Waals surface area contributed by atoms with E-state index in [1.165, 1.54) is 17.3 Å². The number of hydrogen-bond donors (Lipinski definition) is 0. The van der Waals surface area contributed by atoms with Crippen LogP contribution < -0.4 is 4.90 Å². The van der Waals surface area contributed by atoms with E-state index in [9.17, 15) is 4.79 Å². The lowest BCUT2D eigenvalue weighted by Crippen LogP contribution is -2.36. The van der Waals surface area contributed by atoms with E-state index in [4.69, 9.17) is 8.83 Å². The summed E-state index contributed by atoms with van der Waals surface area (Å²) in [7, 11) is 0. The normalized spacial score (nSPS) is 16.2. The lowest BCUT2D eigenvalue weighted by Gasteiger charge is -2.22. The van der Waals surface area contributed by atoms with Crippen LogP contribution in [0.4, 0.5) is 5.69 Å². The van der Waals surface area contributed by atoms with Crippen molar-refractivity contribution < 1.29 is 13.6 Å². The fourth-order valence-corrected chi connectivity index (χ4v) is 3.74. The van der Waals surface area contributed by atoms with Crippen LogP contribution in [0, 0.1) is 6.92 Å². The Hall–Kier alpha value is -2.54. The Balaban J connectivity index is 1.45. The van der Waals surface area contributed by atoms with Crippen molar-refractivity contribution in [2.45, 2.75) is 31.5 Å². The van der Waals surface area contributed by atoms with Crippen LogP contribution in [0.1, 0.15) is 18.2 Å². The van der Waals surface area contributed by atoms with Gasteiger partial charge in [-0.05, 0) is 38.0 Å². The van der Waals surface area contributed by atoms with Crippen LogP contribution in [0.5, 0.6) is 0 Å². The monoisotopic (exact) mass is 355 g/mol. The number of para-hydroxylation sites is 1. The number of fused-ring (bicyclic) bond motifs is 1. The van der Waals surface area contributed by atoms with Gasteiger partial charge in [0.15, 0.2) is 0 Å². The van der Waals surface area contributed by atoms with Gasteiger partial charge in [-0.1, -0.05) is 30.0 Å². The van der Waals surface area contributed by atoms with E-state index < -0.39 is 0 Å². The van der Waals surface area contributed by atoms with Crippen LogP contribution in [0.15, 0.2) is 50.7 Å². The number of benzene rings is 1. The summed E-state index contributed by atoms with van der Waals surface area (Å²) < 4.78 is 10.9. The van der Waals surface area contributed by atoms with E-state index in [1.807, 2.05) is 30.0 Å². The summed E-state index contributed by atoms with van der Waals surface area (Å²) in [5, 5.41) is 8.41. The Labute approximate surface area is 149 Å². The summed E-state index contributed by atoms with van der Waals surface area (Å²) in [5.74, 6) is 1.42. The molecule has 0 N–H and O–H groups in total. The van der Waals surface area contributed by atoms with Crippen molar-refractivity contribution in [1.29, 1.82) is 0 Å². The second-order valence-electron chi connectivity index (χ2n) is 6.00. The standard InChI is InChI=1S/C18H17N3O3S/c1-11-9-13-5-3-4-6-15(13)21(11)16(22)10-25-18-20-19-17(24-18)14-7-8-23-12(14)2/h3-8,11H,9-10H2,1-2H3. The van der Waals surface area contributed by atoms with Crippen LogP contribution in [-0.4, -0.2) is 27.9 Å². The van der Waals surface area contributed by atoms with Gasteiger partial charge in [0.25, 0.3) is 11.1 Å². The fraction of sp³-hybridized carbons (Fsp3) is 0.278. The average Bonchev–Trinajstić information content (AvgIpc) is 3.30. The van der Waals surface area contributed by atoms with E-state index in [1.54, 1.807) is 12.3 Å². The van der Waals surface area contributed by atoms with Gasteiger partial charge >= 0.3 is 0 Å². The van der Waals surface area contributed by atoms with Crippen molar-refractivity contribution in [3.05, 3.63) is 47.9 Å². The number of hydrogen-bond acceptors (Lipinski definition) is 6. The quantitative estimate of drug-likeness (QED) is 0.664. The van der Waals surface area contributed by atoms with Gasteiger partial charge in [0.05, 0.1) is 17.6 Å². The van der Waals surface area contributed by atoms with Crippen LogP contribution in [-0.2, 0) is 11.2 Å². The van der Waals surface area contributed by atoms with Crippen LogP contribution in [0.25, 0.3) is 11.5 Å². The first-order chi connectivity index (χ1) is 12.1. The zero-order chi connectivity index (χ0) is 17.4. The molecule has 7 heteroatoms. The average molecular weight is 355 g/mol. The Morgan fingerprint density at radius 3 is 2.96 bits per heavy atom. The molecule has 4 rings (SSSR count). The maximum Gasteiger partial charge on any atom is 0.277 e. The van der Waals surface area contributed by atoms with Gasteiger partial charge in [-0.3, -0.25) is 4.79 Å². The summed E-state index contributed by atoms with van der Waals surface area (Å²) in [6.07, 6.45) is 2.47. The number of carbonyl (C=O) groups excluding carboxylic acids is 1. The maximum absolute atomic E-state index is 12.7. The third kappa shape index (κ3) is 2.95. The minimum absolute atomic E-state index is 0.0432. The minimum atomic E-state index is 0.0432. The summed E-state index contributed by atoms with van der Waals surface area (Å²) in [5.41, 5.74) is 2.98. The van der Waals surface area contributed by atoms with E-state index in [0.717, 1.165) is 23.4 Å². The summed E-state index contributed by atoms with van der Waals surface area (Å²) in [6, 6.07) is 9.98. The molecular formula is C18H17N3O3S. The molecule has 1 unspecified atom stereocenters. The predicted molar refractivity (Wildman–Crippen MR) is 94.6 cm³/mol. The van der Waals surface area contributed by atoms with Crippen molar-refractivity contribution in [1.82, 2.24) is 10.2 Å². The second kappa shape index (κ2) is 6.40. The predicted octanol–water partition coefficient (Wildman–Crippen LogP) is 3.71. The lowest BCUT2D eigenvalue weighted by molar-refractivity contribution is -0.116. The van der Waals surface area contributed by atoms with Gasteiger partial charge in [0, 0.05) is 11.7 Å². The van der Waals surface area contributed by atoms with Crippen molar-refractivity contribution in [2.75, 3.05) is 10.7 Å². The maximum atomic E-state index is 12.7. The molecule has 25 heavy (non-hydrogen) atoms. The number of thioether (sulfide) groups is 1. The summed E-state index contributed by atoms with van der Waals surface area (Å²) >= 11 is 1.25. The first-order valence-electron chi connectivity index (χ1n) is 8.04. The van der Waals surface area contributed by atoms with Gasteiger partial charge in [0.1, 0.15) is 5.76 Å². The molecule has 128 valence electrons. The van der Waals surface area contributed by atoms with Crippen molar-refractivity contribution in [3.8, 4) is 11.5 Å². The number of nitrogens with zero attached hydrogens (tertiary/aromatic N) is 3. The molecule has 6 nitrogen and oxygen atoms in total. The Morgan fingerprint density at radius 1 is 1.32 bits per heavy atom. The molecule has 1 atom stereocenters. The molecule has 0 fully saturated rings. The molecule has 3 aromatic rings. The van der Waals surface area contributed by atoms with Crippen molar-refractivity contribution in [2.24, 2.45) is 0 Å². The highest BCUT2D eigenvalue weighted by molar-refractivity contribution is 7.99. The molecule has 0 aliphatic carbocycles. The van der Waals surface area contributed by atoms with Gasteiger partial charge in [-0.2, -0.15) is 0 Å². The van der Waals surface area contributed by atoms with E-state index in [2.05, 4.69) is 23.2 Å². The zero-order valence-electron chi connectivity index (χ0n) is 13.9. The molecule has 1 aliphatic rings. The first kappa shape index (κ1) is 16.0. The van der Waals surface area contributed by atoms with Crippen molar-refractivity contribution >= 4 is 23.4 Å². The lowest BCUT2D eigenvalue weighted by atomic mass is 10.1. The van der Waals surface area contributed by atoms with Gasteiger partial charge in [-0.25, -0.2) is 0 Å². The van der Waals surface area contributed by atoms with Crippen LogP contribution >= 0.6 is 11.8 Å². The highest BCUT2D eigenvalue weighted by Gasteiger charge is 2.30. The van der Waals surface area contributed by atoms with E-state index in [0.29, 0.717) is 11.1 Å². The number of rotatable bonds is 4. The fourth-order valence-electron chi connectivity index (χ4n) is 3.12. The molecule has 1 aliphatic heterocycles. The third-order valence-electron chi connectivity index (χ3n) is 4.29. The second-order valence-corrected chi connectivity index (χ2v) is 6.92. The highest BCUT2D eigenvalue weighted by atomic mass is 32.2. The number of anilines is 1. The van der Waals surface area contributed by atoms with E-state index in [-0.39, 0.29) is 17.7 Å². The molecule has 0 spiro atoms. The molecule has 1 aromatic carbocycles. The molecule has 0 bridgehead atoms. The molecule has 0 saturated carbocycles. The topological polar surface area (TPSA) is 72.4 Å². The molecular weight excluding hydrogens is 338 g/mol. The zero-order valence-corrected chi connectivity index (χ0v) is 14.7. The smallest absolute Gasteiger partial charge is 0.277 e. The number of carbonyl (C=O) groups is 1. The molecule has 0 radical (unpaired) electrons. The molecule has 0 saturated heterocycles. The van der Waals surface area contributed by atoms with Crippen LogP contribution in [0.3, 0.4) is 0 Å². The van der Waals surface area contributed by atoms with Crippen LogP contribution in [0.2, 0.25) is 0 Å².